The van der Waals surface area contributed by atoms with E-state index in [9.17, 15) is 54.7 Å². The van der Waals surface area contributed by atoms with Gasteiger partial charge in [-0.15, -0.1) is 35.3 Å². The molecule has 0 bridgehead atoms. The predicted octanol–water partition coefficient (Wildman–Crippen LogP) is 19.4. The number of ether oxygens (including phenoxy) is 1. The highest BCUT2D eigenvalue weighted by Gasteiger charge is 2.52. The molecule has 3 aromatic carbocycles. The first-order chi connectivity index (χ1) is 63.6. The largest absolute Gasteiger partial charge is 0.391 e. The summed E-state index contributed by atoms with van der Waals surface area (Å²) in [6.45, 7) is 20.7. The van der Waals surface area contributed by atoms with E-state index in [0.717, 1.165) is 190 Å². The van der Waals surface area contributed by atoms with Crippen LogP contribution in [0.5, 0.6) is 0 Å². The minimum Gasteiger partial charge on any atom is -0.374 e. The van der Waals surface area contributed by atoms with E-state index in [4.69, 9.17) is 4.74 Å². The fourth-order valence-electron chi connectivity index (χ4n) is 24.3. The van der Waals surface area contributed by atoms with Crippen LogP contribution < -0.4 is 48.2 Å². The van der Waals surface area contributed by atoms with Crippen LogP contribution in [0.15, 0.2) is 108 Å². The molecule has 3 saturated heterocycles. The third kappa shape index (κ3) is 20.5. The average molecular weight is 1890 g/mol. The minimum absolute atomic E-state index is 0.00379. The van der Waals surface area contributed by atoms with Crippen molar-refractivity contribution >= 4 is 91.4 Å². The number of piperidine rings is 2. The summed E-state index contributed by atoms with van der Waals surface area (Å²) in [5, 5.41) is 19.1. The van der Waals surface area contributed by atoms with E-state index in [-0.39, 0.29) is 177 Å². The molecule has 3 amide bonds. The molecule has 133 heavy (non-hydrogen) atoms. The Balaban J connectivity index is 0.664. The zero-order valence-electron chi connectivity index (χ0n) is 78.5. The van der Waals surface area contributed by atoms with Crippen molar-refractivity contribution in [2.75, 3.05) is 69.5 Å². The Morgan fingerprint density at radius 2 is 0.955 bits per heavy atom. The van der Waals surface area contributed by atoms with Gasteiger partial charge in [0.1, 0.15) is 0 Å². The molecular formula is C102H131F7N14O7S3. The second kappa shape index (κ2) is 40.0. The number of hydrogen-bond acceptors (Lipinski definition) is 15. The van der Waals surface area contributed by atoms with Gasteiger partial charge in [0.2, 0.25) is 0 Å². The molecule has 5 saturated carbocycles. The van der Waals surface area contributed by atoms with Gasteiger partial charge in [0, 0.05) is 211 Å². The van der Waals surface area contributed by atoms with Gasteiger partial charge in [-0.1, -0.05) is 30.3 Å². The van der Waals surface area contributed by atoms with Gasteiger partial charge in [-0.25, -0.2) is 17.6 Å². The van der Waals surface area contributed by atoms with Crippen molar-refractivity contribution in [2.24, 2.45) is 23.7 Å². The highest BCUT2D eigenvalue weighted by atomic mass is 32.2. The number of thioether (sulfide) groups is 3. The van der Waals surface area contributed by atoms with Crippen LogP contribution in [0.25, 0.3) is 32.7 Å². The summed E-state index contributed by atoms with van der Waals surface area (Å²) in [5.41, 5.74) is 11.8. The second-order valence-corrected chi connectivity index (χ2v) is 42.6. The smallest absolute Gasteiger partial charge is 0.374 e. The first-order valence-corrected chi connectivity index (χ1v) is 52.0. The molecular weight excluding hydrogens is 1760 g/mol. The Labute approximate surface area is 786 Å². The van der Waals surface area contributed by atoms with Crippen molar-refractivity contribution < 1.29 is 49.9 Å². The maximum atomic E-state index is 15.6. The number of morpholine rings is 1. The molecule has 8 fully saturated rings. The number of aromatic amines is 3. The van der Waals surface area contributed by atoms with E-state index < -0.39 is 23.9 Å². The van der Waals surface area contributed by atoms with Crippen LogP contribution >= 0.6 is 35.3 Å². The van der Waals surface area contributed by atoms with Gasteiger partial charge in [-0.3, -0.25) is 28.8 Å². The molecule has 9 aromatic rings. The number of fused-ring (bicyclic) bond motifs is 3. The van der Waals surface area contributed by atoms with E-state index in [0.29, 0.717) is 78.3 Å². The molecule has 5 aliphatic carbocycles. The Hall–Kier alpha value is -8.30. The molecule has 718 valence electrons. The van der Waals surface area contributed by atoms with Crippen molar-refractivity contribution in [2.45, 2.75) is 309 Å². The topological polar surface area (TPSA) is 244 Å². The summed E-state index contributed by atoms with van der Waals surface area (Å²) in [5.74, 6) is -6.81. The Kier molecular flexibility index (Phi) is 29.0. The summed E-state index contributed by atoms with van der Waals surface area (Å²) < 4.78 is 113. The number of carbonyl (C=O) groups is 3. The highest BCUT2D eigenvalue weighted by Crippen LogP contribution is 2.50. The van der Waals surface area contributed by atoms with Gasteiger partial charge in [0.15, 0.2) is 0 Å². The first-order valence-electron chi connectivity index (χ1n) is 48.3. The fraction of sp³-hybridized carbons (Fsp3) is 0.588. The van der Waals surface area contributed by atoms with Crippen LogP contribution in [-0.4, -0.2) is 181 Å². The zero-order valence-corrected chi connectivity index (χ0v) is 80.9. The van der Waals surface area contributed by atoms with Crippen LogP contribution in [0.4, 0.5) is 36.4 Å². The lowest BCUT2D eigenvalue weighted by Crippen LogP contribution is -2.52. The standard InChI is InChI=1S/C102H131F7N14O7S3/c1-56-40-88(131-9)80(94(124)113-56)52-110-97(127)91-61(6)121(60(5)64-17-22-70(23-18-64)116-72-48-100(103,104)49-72)87-46-74(26-28-79(87)91)120-38-39-130-76(55-120)47-85(66-19-24-71(25-20-66)117-73-50-101(105,106)51-73)123-63(8)93(99(129)112-54-82-90(133-11)42-58(3)115-96(82)126)78-27-21-68(43-86(78)123)65-30-34-118(35-31-65)59(4)16-29-83(67-32-36-119(37-33-67)75-44-69(45-75)102(107,108)109)122-62(7)92(77-14-12-13-15-84(77)122)98(128)111-53-81-89(132-10)41-57(2)114-95(81)125/h12-15,21,26-28,40-43,46,59-60,64-67,69-73,75-76,83,85,116-117H,16-20,22-25,29-39,44-45,47-55H2,1-11H3,(H,110,127)(H,111,128)(H,112,129)(H,113,124)(H,114,125)(H,115,126)/t59?,60-,64?,66?,69?,70?,71?,75?,76?,83-,85-/m1/s1. The SMILES string of the molecule is CSc1cc(C)[nH]c(=O)c1CNC(=O)c1c(C)n([C@H](C)C2CCC(NC3CC(F)(F)C3)CC2)c2cc(N3CCOC(C[C@H](C4CCC(NC5CC(F)(F)C5)CC4)n4c(C)c(C(=O)NCc5c(SC)cc(C)[nH]c5=O)c5ccc(C6CCN(C(C)CC[C@H](C7CCN(C8CC(C(F)(F)F)C8)CC7)n7c(C)c(C(=O)NCc8c(SC)cc(C)[nH]c8=O)c8ccccc87)CC6)cc54)C3)ccc12. The molecule has 6 aromatic heterocycles. The molecule has 17 rings (SSSR count). The number of halogens is 7. The molecule has 31 heteroatoms. The number of alkyl halides is 7. The van der Waals surface area contributed by atoms with Crippen LogP contribution in [-0.2, 0) is 24.4 Å². The van der Waals surface area contributed by atoms with Crippen LogP contribution in [0.3, 0.4) is 0 Å². The summed E-state index contributed by atoms with van der Waals surface area (Å²) in [7, 11) is 0. The number of aromatic nitrogens is 6. The highest BCUT2D eigenvalue weighted by molar-refractivity contribution is 7.99. The number of nitrogens with zero attached hydrogens (tertiary/aromatic N) is 6. The Morgan fingerprint density at radius 1 is 0.504 bits per heavy atom. The van der Waals surface area contributed by atoms with E-state index in [1.54, 1.807) is 0 Å². The normalized spacial score (nSPS) is 23.5. The number of anilines is 1. The molecule has 21 nitrogen and oxygen atoms in total. The number of amides is 3. The zero-order chi connectivity index (χ0) is 94.0. The second-order valence-electron chi connectivity index (χ2n) is 40.0. The van der Waals surface area contributed by atoms with Crippen molar-refractivity contribution in [3.8, 4) is 0 Å². The van der Waals surface area contributed by atoms with Gasteiger partial charge in [0.25, 0.3) is 46.2 Å². The van der Waals surface area contributed by atoms with E-state index >= 15 is 4.79 Å². The van der Waals surface area contributed by atoms with Gasteiger partial charge in [0.05, 0.1) is 40.8 Å². The average Bonchev–Trinajstić information content (AvgIpc) is 1.56. The Bertz CT molecular complexity index is 5950. The Morgan fingerprint density at radius 3 is 1.44 bits per heavy atom. The number of likely N-dealkylation sites (tertiary alicyclic amines) is 2. The van der Waals surface area contributed by atoms with Crippen molar-refractivity contribution in [3.05, 3.63) is 183 Å². The summed E-state index contributed by atoms with van der Waals surface area (Å²) in [6, 6.07) is 26.3. The number of aryl methyl sites for hydroxylation is 3. The van der Waals surface area contributed by atoms with E-state index in [1.807, 2.05) is 96.7 Å². The van der Waals surface area contributed by atoms with E-state index in [2.05, 4.69) is 126 Å². The lowest BCUT2D eigenvalue weighted by Gasteiger charge is -2.47. The number of hydrogen-bond donors (Lipinski definition) is 8. The van der Waals surface area contributed by atoms with Gasteiger partial charge >= 0.3 is 6.18 Å². The molecule has 5 atom stereocenters. The number of pyridine rings is 3. The number of H-pyrrole nitrogens is 3. The van der Waals surface area contributed by atoms with Crippen LogP contribution in [0.2, 0.25) is 0 Å². The molecule has 0 radical (unpaired) electrons. The van der Waals surface area contributed by atoms with E-state index in [1.165, 1.54) is 35.3 Å². The number of nitrogens with one attached hydrogen (secondary N) is 8. The molecule has 9 heterocycles. The summed E-state index contributed by atoms with van der Waals surface area (Å²) in [6.07, 6.45) is 13.0. The maximum Gasteiger partial charge on any atom is 0.391 e. The van der Waals surface area contributed by atoms with Crippen molar-refractivity contribution in [3.63, 3.8) is 0 Å². The number of para-hydroxylation sites is 1. The lowest BCUT2D eigenvalue weighted by atomic mass is 9.77. The fourth-order valence-corrected chi connectivity index (χ4v) is 26.4. The molecule has 3 aliphatic heterocycles. The molecule has 8 aliphatic rings. The lowest BCUT2D eigenvalue weighted by molar-refractivity contribution is -0.207. The number of benzene rings is 3. The summed E-state index contributed by atoms with van der Waals surface area (Å²) >= 11 is 4.37. The molecule has 0 spiro atoms. The summed E-state index contributed by atoms with van der Waals surface area (Å²) in [4.78, 5) is 104. The minimum atomic E-state index is -4.20. The number of carbonyl (C=O) groups excluding carboxylic acids is 3. The van der Waals surface area contributed by atoms with Gasteiger partial charge in [-0.2, -0.15) is 13.2 Å². The van der Waals surface area contributed by atoms with Gasteiger partial charge < -0.3 is 74.7 Å². The third-order valence-electron chi connectivity index (χ3n) is 31.7. The predicted molar refractivity (Wildman–Crippen MR) is 516 cm³/mol. The quantitative estimate of drug-likeness (QED) is 0.0149. The molecule has 2 unspecified atom stereocenters. The maximum absolute atomic E-state index is 15.6. The third-order valence-corrected chi connectivity index (χ3v) is 34.1. The van der Waals surface area contributed by atoms with Crippen molar-refractivity contribution in [1.29, 1.82) is 0 Å². The van der Waals surface area contributed by atoms with Crippen molar-refractivity contribution in [1.82, 2.24) is 65.0 Å². The van der Waals surface area contributed by atoms with Crippen LogP contribution in [0, 0.1) is 65.2 Å². The molecule has 8 N–H and O–H groups in total. The monoisotopic (exact) mass is 1890 g/mol. The number of rotatable bonds is 31. The first kappa shape index (κ1) is 96.4. The van der Waals surface area contributed by atoms with Crippen LogP contribution in [0.1, 0.15) is 260 Å². The van der Waals surface area contributed by atoms with Gasteiger partial charge in [-0.05, 0) is 287 Å².